The van der Waals surface area contributed by atoms with Crippen LogP contribution >= 0.6 is 7.82 Å². The Morgan fingerprint density at radius 3 is 1.03 bits per heavy atom. The Hall–Kier alpha value is -1.02. The molecule has 3 unspecified atom stereocenters. The van der Waals surface area contributed by atoms with Crippen molar-refractivity contribution in [2.45, 2.75) is 373 Å². The van der Waals surface area contributed by atoms with E-state index in [9.17, 15) is 19.4 Å². The summed E-state index contributed by atoms with van der Waals surface area (Å²) in [5, 5.41) is 14.0. The van der Waals surface area contributed by atoms with Gasteiger partial charge in [0, 0.05) is 6.42 Å². The molecule has 0 bridgehead atoms. The van der Waals surface area contributed by atoms with Crippen molar-refractivity contribution in [3.05, 3.63) is 24.3 Å². The number of nitrogens with one attached hydrogen (secondary N) is 1. The van der Waals surface area contributed by atoms with Gasteiger partial charge >= 0.3 is 7.82 Å². The molecule has 0 saturated heterocycles. The lowest BCUT2D eigenvalue weighted by atomic mass is 10.0. The molecule has 0 heterocycles. The van der Waals surface area contributed by atoms with Crippen molar-refractivity contribution in [3.63, 3.8) is 0 Å². The molecule has 78 heavy (non-hydrogen) atoms. The predicted octanol–water partition coefficient (Wildman–Crippen LogP) is 21.9. The molecule has 0 aliphatic rings. The normalized spacial score (nSPS) is 13.8. The van der Waals surface area contributed by atoms with Gasteiger partial charge in [-0.2, -0.15) is 0 Å². The maximum atomic E-state index is 13.0. The minimum atomic E-state index is -4.36. The summed E-state index contributed by atoms with van der Waals surface area (Å²) in [5.74, 6) is -0.178. The Balaban J connectivity index is 4.06. The maximum absolute atomic E-state index is 13.0. The first kappa shape index (κ1) is 77.0. The molecular formula is C69H138N2O6P+. The Kier molecular flexibility index (Phi) is 59.8. The molecule has 1 amide bonds. The van der Waals surface area contributed by atoms with E-state index in [4.69, 9.17) is 9.05 Å². The Morgan fingerprint density at radius 1 is 0.423 bits per heavy atom. The van der Waals surface area contributed by atoms with Crippen LogP contribution in [-0.2, 0) is 18.4 Å². The van der Waals surface area contributed by atoms with Gasteiger partial charge in [0.05, 0.1) is 39.9 Å². The first-order valence-electron chi connectivity index (χ1n) is 34.7. The fourth-order valence-corrected chi connectivity index (χ4v) is 11.5. The monoisotopic (exact) mass is 1120 g/mol. The number of phosphoric ester groups is 1. The summed E-state index contributed by atoms with van der Waals surface area (Å²) in [6.45, 7) is 4.86. The van der Waals surface area contributed by atoms with E-state index in [-0.39, 0.29) is 19.1 Å². The van der Waals surface area contributed by atoms with Crippen LogP contribution in [0.4, 0.5) is 0 Å². The van der Waals surface area contributed by atoms with E-state index in [2.05, 4.69) is 31.3 Å². The fraction of sp³-hybridized carbons (Fsp3) is 0.928. The third-order valence-electron chi connectivity index (χ3n) is 16.2. The molecule has 0 aromatic carbocycles. The number of amides is 1. The van der Waals surface area contributed by atoms with Gasteiger partial charge in [-0.3, -0.25) is 13.8 Å². The van der Waals surface area contributed by atoms with Gasteiger partial charge in [0.1, 0.15) is 13.2 Å². The second-order valence-corrected chi connectivity index (χ2v) is 26.7. The maximum Gasteiger partial charge on any atom is 0.472 e. The molecule has 0 spiro atoms. The lowest BCUT2D eigenvalue weighted by molar-refractivity contribution is -0.870. The Bertz CT molecular complexity index is 1320. The van der Waals surface area contributed by atoms with Gasteiger partial charge < -0.3 is 19.8 Å². The fourth-order valence-electron chi connectivity index (χ4n) is 10.8. The number of nitrogens with zero attached hydrogens (tertiary/aromatic N) is 1. The highest BCUT2D eigenvalue weighted by Crippen LogP contribution is 2.43. The zero-order valence-electron chi connectivity index (χ0n) is 53.2. The van der Waals surface area contributed by atoms with Gasteiger partial charge in [-0.1, -0.05) is 346 Å². The molecule has 0 aliphatic heterocycles. The summed E-state index contributed by atoms with van der Waals surface area (Å²) >= 11 is 0. The molecule has 0 aliphatic carbocycles. The minimum Gasteiger partial charge on any atom is -0.387 e. The van der Waals surface area contributed by atoms with Crippen molar-refractivity contribution in [1.29, 1.82) is 0 Å². The second kappa shape index (κ2) is 60.6. The van der Waals surface area contributed by atoms with Crippen molar-refractivity contribution in [2.75, 3.05) is 40.9 Å². The molecule has 0 aromatic rings. The molecule has 3 atom stereocenters. The number of rotatable bonds is 65. The number of likely N-dealkylation sites (N-methyl/N-ethyl adjacent to an activating group) is 1. The number of hydrogen-bond acceptors (Lipinski definition) is 5. The van der Waals surface area contributed by atoms with Crippen molar-refractivity contribution in [3.8, 4) is 0 Å². The van der Waals surface area contributed by atoms with E-state index >= 15 is 0 Å². The van der Waals surface area contributed by atoms with Gasteiger partial charge in [-0.15, -0.1) is 0 Å². The lowest BCUT2D eigenvalue weighted by Gasteiger charge is -2.25. The lowest BCUT2D eigenvalue weighted by Crippen LogP contribution is -2.45. The number of aliphatic hydroxyl groups excluding tert-OH is 1. The molecule has 8 nitrogen and oxygen atoms in total. The van der Waals surface area contributed by atoms with Crippen LogP contribution in [0.1, 0.15) is 361 Å². The van der Waals surface area contributed by atoms with Gasteiger partial charge in [0.25, 0.3) is 0 Å². The number of allylic oxidation sites excluding steroid dienone is 3. The highest BCUT2D eigenvalue weighted by atomic mass is 31.2. The van der Waals surface area contributed by atoms with Crippen molar-refractivity contribution in [2.24, 2.45) is 0 Å². The van der Waals surface area contributed by atoms with E-state index in [0.717, 1.165) is 38.5 Å². The average Bonchev–Trinajstić information content (AvgIpc) is 3.41. The summed E-state index contributed by atoms with van der Waals surface area (Å²) in [6.07, 6.45) is 79.1. The van der Waals surface area contributed by atoms with E-state index in [1.54, 1.807) is 6.08 Å². The van der Waals surface area contributed by atoms with E-state index in [0.29, 0.717) is 17.4 Å². The number of phosphoric acid groups is 1. The zero-order valence-corrected chi connectivity index (χ0v) is 54.1. The SMILES string of the molecule is CCCCCCCCCCCCCCCCCCCCC/C=C/CC/C=C/C(O)C(COP(=O)(O)OCC[N+](C)(C)C)NC(=O)CCCCCCCCCCCCCCCCCCCCCCCCCCCCCCCCC. The van der Waals surface area contributed by atoms with E-state index in [1.807, 2.05) is 27.2 Å². The van der Waals surface area contributed by atoms with Crippen molar-refractivity contribution in [1.82, 2.24) is 5.32 Å². The summed E-state index contributed by atoms with van der Waals surface area (Å²) in [5.41, 5.74) is 0. The van der Waals surface area contributed by atoms with Crippen LogP contribution in [0.5, 0.6) is 0 Å². The number of carbonyl (C=O) groups excluding carboxylic acids is 1. The highest BCUT2D eigenvalue weighted by molar-refractivity contribution is 7.47. The van der Waals surface area contributed by atoms with Crippen LogP contribution in [0, 0.1) is 0 Å². The smallest absolute Gasteiger partial charge is 0.387 e. The van der Waals surface area contributed by atoms with Crippen LogP contribution in [0.3, 0.4) is 0 Å². The van der Waals surface area contributed by atoms with Crippen molar-refractivity contribution >= 4 is 13.7 Å². The molecular weight excluding hydrogens is 984 g/mol. The first-order chi connectivity index (χ1) is 38.0. The molecule has 464 valence electrons. The van der Waals surface area contributed by atoms with Gasteiger partial charge in [0.15, 0.2) is 0 Å². The molecule has 0 saturated carbocycles. The topological polar surface area (TPSA) is 105 Å². The van der Waals surface area contributed by atoms with Crippen LogP contribution in [0.25, 0.3) is 0 Å². The predicted molar refractivity (Wildman–Crippen MR) is 342 cm³/mol. The largest absolute Gasteiger partial charge is 0.472 e. The standard InChI is InChI=1S/C69H137N2O6P/c1-6-8-10-12-14-16-18-20-22-24-26-28-30-32-33-34-35-36-37-39-41-43-45-47-49-51-53-55-57-59-61-63-69(73)70-67(66-77-78(74,75)76-65-64-71(3,4)5)68(72)62-60-58-56-54-52-50-48-46-44-42-40-38-31-29-27-25-23-21-19-17-15-13-11-9-7-2/h52,54,60,62,67-68,72H,6-51,53,55-59,61,63-66H2,1-5H3,(H-,70,73,74,75)/p+1/b54-52+,62-60+. The van der Waals surface area contributed by atoms with Crippen LogP contribution in [0.2, 0.25) is 0 Å². The van der Waals surface area contributed by atoms with Crippen LogP contribution in [0.15, 0.2) is 24.3 Å². The van der Waals surface area contributed by atoms with Gasteiger partial charge in [-0.05, 0) is 32.1 Å². The molecule has 0 rings (SSSR count). The van der Waals surface area contributed by atoms with Gasteiger partial charge in [-0.25, -0.2) is 4.57 Å². The van der Waals surface area contributed by atoms with E-state index < -0.39 is 20.0 Å². The third kappa shape index (κ3) is 62.6. The summed E-state index contributed by atoms with van der Waals surface area (Å²) in [7, 11) is 1.57. The summed E-state index contributed by atoms with van der Waals surface area (Å²) < 4.78 is 23.8. The molecule has 0 radical (unpaired) electrons. The molecule has 0 fully saturated rings. The van der Waals surface area contributed by atoms with Crippen LogP contribution < -0.4 is 5.32 Å². The molecule has 3 N–H and O–H groups in total. The molecule has 9 heteroatoms. The third-order valence-corrected chi connectivity index (χ3v) is 17.2. The Morgan fingerprint density at radius 2 is 0.705 bits per heavy atom. The number of aliphatic hydroxyl groups is 1. The van der Waals surface area contributed by atoms with Crippen LogP contribution in [-0.4, -0.2) is 73.4 Å². The molecule has 0 aromatic heterocycles. The van der Waals surface area contributed by atoms with E-state index in [1.165, 1.54) is 302 Å². The number of unbranched alkanes of at least 4 members (excludes halogenated alkanes) is 50. The van der Waals surface area contributed by atoms with Gasteiger partial charge in [0.2, 0.25) is 5.91 Å². The summed E-state index contributed by atoms with van der Waals surface area (Å²) in [6, 6.07) is -0.862. The van der Waals surface area contributed by atoms with Crippen molar-refractivity contribution < 1.29 is 32.9 Å². The number of hydrogen-bond donors (Lipinski definition) is 3. The quantitative estimate of drug-likeness (QED) is 0.0243. The summed E-state index contributed by atoms with van der Waals surface area (Å²) in [4.78, 5) is 23.4. The average molecular weight is 1120 g/mol. The minimum absolute atomic E-state index is 0.0591. The first-order valence-corrected chi connectivity index (χ1v) is 36.2. The number of quaternary nitrogens is 1. The Labute approximate surface area is 487 Å². The zero-order chi connectivity index (χ0) is 57.0. The second-order valence-electron chi connectivity index (χ2n) is 25.3. The number of carbonyl (C=O) groups is 1. The highest BCUT2D eigenvalue weighted by Gasteiger charge is 2.28.